The molecule has 276 valence electrons. The third kappa shape index (κ3) is 6.21. The van der Waals surface area contributed by atoms with Crippen LogP contribution in [-0.2, 0) is 0 Å². The molecule has 0 N–H and O–H groups in total. The lowest BCUT2D eigenvalue weighted by Crippen LogP contribution is -2.11. The van der Waals surface area contributed by atoms with Crippen LogP contribution in [0.15, 0.2) is 237 Å². The van der Waals surface area contributed by atoms with Gasteiger partial charge in [-0.25, -0.2) is 0 Å². The molecule has 0 amide bonds. The summed E-state index contributed by atoms with van der Waals surface area (Å²) in [4.78, 5) is 2.44. The Bertz CT molecular complexity index is 3170. The van der Waals surface area contributed by atoms with Crippen LogP contribution < -0.4 is 4.90 Å². The molecular weight excluding hydrogens is 711 g/mol. The number of hydrogen-bond acceptors (Lipinski definition) is 1. The second-order valence-corrected chi connectivity index (χ2v) is 15.3. The van der Waals surface area contributed by atoms with E-state index in [1.807, 2.05) is 0 Å². The molecule has 11 rings (SSSR count). The van der Waals surface area contributed by atoms with Crippen molar-refractivity contribution in [3.05, 3.63) is 237 Å². The summed E-state index contributed by atoms with van der Waals surface area (Å²) in [5.41, 5.74) is 12.9. The minimum absolute atomic E-state index is 1.09. The van der Waals surface area contributed by atoms with Crippen LogP contribution in [0.1, 0.15) is 0 Å². The highest BCUT2D eigenvalue weighted by Crippen LogP contribution is 2.45. The maximum Gasteiger partial charge on any atom is 0.0546 e. The Morgan fingerprint density at radius 1 is 0.220 bits per heavy atom. The fourth-order valence-corrected chi connectivity index (χ4v) is 9.00. The summed E-state index contributed by atoms with van der Waals surface area (Å²) < 4.78 is 0. The van der Waals surface area contributed by atoms with Crippen molar-refractivity contribution in [3.8, 4) is 44.5 Å². The molecule has 0 bridgehead atoms. The summed E-state index contributed by atoms with van der Waals surface area (Å²) in [6.07, 6.45) is 0. The molecule has 0 aliphatic rings. The first kappa shape index (κ1) is 34.5. The first-order valence-electron chi connectivity index (χ1n) is 20.3. The minimum atomic E-state index is 1.09. The van der Waals surface area contributed by atoms with Crippen LogP contribution in [-0.4, -0.2) is 0 Å². The van der Waals surface area contributed by atoms with Gasteiger partial charge >= 0.3 is 0 Å². The largest absolute Gasteiger partial charge is 0.310 e. The maximum atomic E-state index is 2.44. The SMILES string of the molecule is c1ccc(-c2ccc(-c3cccc4c3ccc3ccccc34)cc2N(c2ccc(-c3cccc4ccccc34)cc2)c2ccc(-c3cccc4ccccc34)cc2)cc1. The van der Waals surface area contributed by atoms with Crippen LogP contribution in [0.2, 0.25) is 0 Å². The van der Waals surface area contributed by atoms with Gasteiger partial charge in [-0.15, -0.1) is 0 Å². The van der Waals surface area contributed by atoms with E-state index in [0.29, 0.717) is 0 Å². The lowest BCUT2D eigenvalue weighted by atomic mass is 9.92. The van der Waals surface area contributed by atoms with Gasteiger partial charge in [-0.2, -0.15) is 0 Å². The number of anilines is 3. The standard InChI is InChI=1S/C58H39N/c1-2-13-42(14-3-1)55-37-32-46(54-25-12-26-56-53-22-9-6-17-43(53)31-38-57(54)56)39-58(55)59(47-33-27-44(28-34-47)51-23-10-18-40-15-4-7-20-49(40)51)48-35-29-45(30-36-48)52-24-11-19-41-16-5-8-21-50(41)52/h1-39H. The molecule has 0 spiro atoms. The van der Waals surface area contributed by atoms with Crippen molar-refractivity contribution in [1.82, 2.24) is 0 Å². The topological polar surface area (TPSA) is 3.24 Å². The molecule has 1 nitrogen and oxygen atoms in total. The zero-order valence-corrected chi connectivity index (χ0v) is 32.5. The first-order chi connectivity index (χ1) is 29.3. The Balaban J connectivity index is 1.12. The molecule has 0 aromatic heterocycles. The highest BCUT2D eigenvalue weighted by molar-refractivity contribution is 6.12. The number of benzene rings is 11. The van der Waals surface area contributed by atoms with Crippen molar-refractivity contribution in [3.63, 3.8) is 0 Å². The molecule has 0 radical (unpaired) electrons. The van der Waals surface area contributed by atoms with Gasteiger partial charge < -0.3 is 4.90 Å². The lowest BCUT2D eigenvalue weighted by Gasteiger charge is -2.29. The van der Waals surface area contributed by atoms with E-state index in [-0.39, 0.29) is 0 Å². The van der Waals surface area contributed by atoms with Gasteiger partial charge in [-0.05, 0) is 112 Å². The molecule has 0 fully saturated rings. The average Bonchev–Trinajstić information content (AvgIpc) is 3.32. The van der Waals surface area contributed by atoms with E-state index in [1.165, 1.54) is 82.0 Å². The predicted molar refractivity (Wildman–Crippen MR) is 253 cm³/mol. The third-order valence-electron chi connectivity index (χ3n) is 11.9. The van der Waals surface area contributed by atoms with Gasteiger partial charge in [0.05, 0.1) is 5.69 Å². The van der Waals surface area contributed by atoms with Crippen molar-refractivity contribution in [2.24, 2.45) is 0 Å². The first-order valence-corrected chi connectivity index (χ1v) is 20.3. The van der Waals surface area contributed by atoms with E-state index >= 15 is 0 Å². The maximum absolute atomic E-state index is 2.44. The minimum Gasteiger partial charge on any atom is -0.310 e. The van der Waals surface area contributed by atoms with Crippen molar-refractivity contribution in [2.75, 3.05) is 4.90 Å². The van der Waals surface area contributed by atoms with Gasteiger partial charge in [0.15, 0.2) is 0 Å². The number of hydrogen-bond donors (Lipinski definition) is 0. The molecule has 0 aliphatic heterocycles. The van der Waals surface area contributed by atoms with E-state index < -0.39 is 0 Å². The average molecular weight is 750 g/mol. The zero-order chi connectivity index (χ0) is 39.1. The zero-order valence-electron chi connectivity index (χ0n) is 32.5. The molecule has 0 aliphatic carbocycles. The highest BCUT2D eigenvalue weighted by atomic mass is 15.1. The summed E-state index contributed by atoms with van der Waals surface area (Å²) in [7, 11) is 0. The fourth-order valence-electron chi connectivity index (χ4n) is 9.00. The van der Waals surface area contributed by atoms with Crippen molar-refractivity contribution in [2.45, 2.75) is 0 Å². The summed E-state index contributed by atoms with van der Waals surface area (Å²) in [5, 5.41) is 10.0. The van der Waals surface area contributed by atoms with Gasteiger partial charge in [0, 0.05) is 16.9 Å². The predicted octanol–water partition coefficient (Wildman–Crippen LogP) is 16.4. The molecule has 11 aromatic carbocycles. The Kier molecular flexibility index (Phi) is 8.56. The smallest absolute Gasteiger partial charge is 0.0546 e. The Morgan fingerprint density at radius 3 is 1.24 bits per heavy atom. The molecule has 0 saturated heterocycles. The molecule has 0 heterocycles. The van der Waals surface area contributed by atoms with Crippen LogP contribution >= 0.6 is 0 Å². The Morgan fingerprint density at radius 2 is 0.644 bits per heavy atom. The monoisotopic (exact) mass is 749 g/mol. The Labute approximate surface area is 344 Å². The fraction of sp³-hybridized carbons (Fsp3) is 0. The van der Waals surface area contributed by atoms with Crippen molar-refractivity contribution >= 4 is 60.2 Å². The second kappa shape index (κ2) is 14.6. The van der Waals surface area contributed by atoms with Crippen LogP contribution in [0.4, 0.5) is 17.1 Å². The second-order valence-electron chi connectivity index (χ2n) is 15.3. The van der Waals surface area contributed by atoms with Gasteiger partial charge in [0.25, 0.3) is 0 Å². The molecular formula is C58H39N. The number of nitrogens with zero attached hydrogens (tertiary/aromatic N) is 1. The van der Waals surface area contributed by atoms with Crippen molar-refractivity contribution in [1.29, 1.82) is 0 Å². The van der Waals surface area contributed by atoms with E-state index in [4.69, 9.17) is 0 Å². The summed E-state index contributed by atoms with van der Waals surface area (Å²) >= 11 is 0. The van der Waals surface area contributed by atoms with Gasteiger partial charge in [0.2, 0.25) is 0 Å². The molecule has 1 heteroatoms. The molecule has 0 saturated carbocycles. The summed E-state index contributed by atoms with van der Waals surface area (Å²) in [5.74, 6) is 0. The Hall–Kier alpha value is -7.74. The van der Waals surface area contributed by atoms with Gasteiger partial charge in [0.1, 0.15) is 0 Å². The summed E-state index contributed by atoms with van der Waals surface area (Å²) in [6.45, 7) is 0. The van der Waals surface area contributed by atoms with Crippen molar-refractivity contribution < 1.29 is 0 Å². The summed E-state index contributed by atoms with van der Waals surface area (Å²) in [6, 6.07) is 86.3. The molecule has 0 atom stereocenters. The van der Waals surface area contributed by atoms with Crippen LogP contribution in [0, 0.1) is 0 Å². The quantitative estimate of drug-likeness (QED) is 0.147. The van der Waals surface area contributed by atoms with Crippen LogP contribution in [0.25, 0.3) is 87.6 Å². The van der Waals surface area contributed by atoms with Crippen LogP contribution in [0.5, 0.6) is 0 Å². The molecule has 0 unspecified atom stereocenters. The molecule has 11 aromatic rings. The lowest BCUT2D eigenvalue weighted by molar-refractivity contribution is 1.28. The van der Waals surface area contributed by atoms with Crippen LogP contribution in [0.3, 0.4) is 0 Å². The normalized spacial score (nSPS) is 11.4. The third-order valence-corrected chi connectivity index (χ3v) is 11.9. The van der Waals surface area contributed by atoms with E-state index in [9.17, 15) is 0 Å². The van der Waals surface area contributed by atoms with E-state index in [1.54, 1.807) is 0 Å². The highest BCUT2D eigenvalue weighted by Gasteiger charge is 2.20. The number of rotatable bonds is 7. The van der Waals surface area contributed by atoms with E-state index in [2.05, 4.69) is 241 Å². The van der Waals surface area contributed by atoms with Gasteiger partial charge in [-0.3, -0.25) is 0 Å². The van der Waals surface area contributed by atoms with E-state index in [0.717, 1.165) is 22.6 Å². The number of fused-ring (bicyclic) bond motifs is 5. The molecule has 59 heavy (non-hydrogen) atoms. The van der Waals surface area contributed by atoms with Gasteiger partial charge in [-0.1, -0.05) is 206 Å².